The highest BCUT2D eigenvalue weighted by molar-refractivity contribution is 8.01. The molecule has 0 bridgehead atoms. The molecule has 0 saturated carbocycles. The molecular formula is C20H28FN3O2S. The molecule has 2 atom stereocenters. The summed E-state index contributed by atoms with van der Waals surface area (Å²) in [7, 11) is 0. The number of rotatable bonds is 5. The van der Waals surface area contributed by atoms with E-state index in [-0.39, 0.29) is 28.5 Å². The van der Waals surface area contributed by atoms with Crippen molar-refractivity contribution in [1.82, 2.24) is 15.5 Å². The fourth-order valence-electron chi connectivity index (χ4n) is 3.46. The summed E-state index contributed by atoms with van der Waals surface area (Å²) < 4.78 is 13.0. The van der Waals surface area contributed by atoms with Gasteiger partial charge in [-0.1, -0.05) is 20.3 Å². The lowest BCUT2D eigenvalue weighted by molar-refractivity contribution is -0.122. The maximum atomic E-state index is 13.0. The molecule has 2 fully saturated rings. The van der Waals surface area contributed by atoms with E-state index in [0.717, 1.165) is 25.0 Å². The molecule has 1 aromatic carbocycles. The van der Waals surface area contributed by atoms with Gasteiger partial charge in [0.1, 0.15) is 5.82 Å². The van der Waals surface area contributed by atoms with Gasteiger partial charge in [-0.25, -0.2) is 4.39 Å². The molecule has 0 aromatic heterocycles. The SMILES string of the molecule is CCC(C)CNC(=O)C1CSC2(CCN(C(=O)c3ccc(F)cc3)CC2)N1. The molecule has 0 radical (unpaired) electrons. The van der Waals surface area contributed by atoms with Gasteiger partial charge >= 0.3 is 0 Å². The van der Waals surface area contributed by atoms with Crippen molar-refractivity contribution in [2.45, 2.75) is 44.0 Å². The topological polar surface area (TPSA) is 61.4 Å². The minimum absolute atomic E-state index is 0.0595. The van der Waals surface area contributed by atoms with Crippen LogP contribution in [0.25, 0.3) is 0 Å². The number of thioether (sulfide) groups is 1. The fraction of sp³-hybridized carbons (Fsp3) is 0.600. The maximum Gasteiger partial charge on any atom is 0.253 e. The van der Waals surface area contributed by atoms with Gasteiger partial charge in [-0.15, -0.1) is 11.8 Å². The third kappa shape index (κ3) is 4.82. The van der Waals surface area contributed by atoms with Gasteiger partial charge < -0.3 is 10.2 Å². The number of hydrogen-bond donors (Lipinski definition) is 2. The molecule has 3 rings (SSSR count). The highest BCUT2D eigenvalue weighted by Gasteiger charge is 2.44. The number of amides is 2. The summed E-state index contributed by atoms with van der Waals surface area (Å²) in [6.07, 6.45) is 2.66. The van der Waals surface area contributed by atoms with Crippen molar-refractivity contribution < 1.29 is 14.0 Å². The normalized spacial score (nSPS) is 22.6. The lowest BCUT2D eigenvalue weighted by Gasteiger charge is -2.39. The van der Waals surface area contributed by atoms with Crippen molar-refractivity contribution in [2.24, 2.45) is 5.92 Å². The first-order chi connectivity index (χ1) is 12.9. The molecule has 7 heteroatoms. The summed E-state index contributed by atoms with van der Waals surface area (Å²) in [4.78, 5) is 26.7. The first-order valence-electron chi connectivity index (χ1n) is 9.66. The Kier molecular flexibility index (Phi) is 6.42. The van der Waals surface area contributed by atoms with E-state index in [9.17, 15) is 14.0 Å². The monoisotopic (exact) mass is 393 g/mol. The average Bonchev–Trinajstić information content (AvgIpc) is 3.10. The number of piperidine rings is 1. The van der Waals surface area contributed by atoms with Crippen LogP contribution in [0.2, 0.25) is 0 Å². The Bertz CT molecular complexity index is 674. The molecule has 2 N–H and O–H groups in total. The Morgan fingerprint density at radius 3 is 2.63 bits per heavy atom. The van der Waals surface area contributed by atoms with Crippen molar-refractivity contribution in [2.75, 3.05) is 25.4 Å². The number of hydrogen-bond acceptors (Lipinski definition) is 4. The molecule has 2 unspecified atom stereocenters. The van der Waals surface area contributed by atoms with Crippen molar-refractivity contribution in [3.8, 4) is 0 Å². The molecule has 0 aliphatic carbocycles. The molecule has 27 heavy (non-hydrogen) atoms. The fourth-order valence-corrected chi connectivity index (χ4v) is 4.88. The number of benzene rings is 1. The zero-order chi connectivity index (χ0) is 19.4. The van der Waals surface area contributed by atoms with E-state index < -0.39 is 0 Å². The smallest absolute Gasteiger partial charge is 0.253 e. The van der Waals surface area contributed by atoms with Gasteiger partial charge in [0.2, 0.25) is 5.91 Å². The van der Waals surface area contributed by atoms with E-state index in [4.69, 9.17) is 0 Å². The summed E-state index contributed by atoms with van der Waals surface area (Å²) in [6.45, 7) is 6.24. The van der Waals surface area contributed by atoms with E-state index in [1.165, 1.54) is 24.3 Å². The van der Waals surface area contributed by atoms with E-state index in [1.807, 2.05) is 4.90 Å². The number of carbonyl (C=O) groups excluding carboxylic acids is 2. The largest absolute Gasteiger partial charge is 0.354 e. The van der Waals surface area contributed by atoms with Crippen molar-refractivity contribution >= 4 is 23.6 Å². The molecule has 2 amide bonds. The van der Waals surface area contributed by atoms with Gasteiger partial charge in [0.25, 0.3) is 5.91 Å². The number of nitrogens with zero attached hydrogens (tertiary/aromatic N) is 1. The molecule has 2 saturated heterocycles. The number of halogens is 1. The molecule has 5 nitrogen and oxygen atoms in total. The maximum absolute atomic E-state index is 13.0. The van der Waals surface area contributed by atoms with Crippen LogP contribution in [0.5, 0.6) is 0 Å². The molecule has 2 aliphatic heterocycles. The lowest BCUT2D eigenvalue weighted by atomic mass is 10.0. The van der Waals surface area contributed by atoms with E-state index in [1.54, 1.807) is 11.8 Å². The van der Waals surface area contributed by atoms with E-state index in [2.05, 4.69) is 24.5 Å². The van der Waals surface area contributed by atoms with Gasteiger partial charge in [-0.05, 0) is 43.0 Å². The Morgan fingerprint density at radius 2 is 2.00 bits per heavy atom. The number of likely N-dealkylation sites (tertiary alicyclic amines) is 1. The Balaban J connectivity index is 1.50. The third-order valence-corrected chi connectivity index (χ3v) is 7.13. The number of nitrogens with one attached hydrogen (secondary N) is 2. The predicted octanol–water partition coefficient (Wildman–Crippen LogP) is 2.63. The van der Waals surface area contributed by atoms with Crippen LogP contribution in [0.1, 0.15) is 43.5 Å². The second kappa shape index (κ2) is 8.61. The second-order valence-electron chi connectivity index (χ2n) is 7.56. The van der Waals surface area contributed by atoms with E-state index in [0.29, 0.717) is 31.1 Å². The summed E-state index contributed by atoms with van der Waals surface area (Å²) in [5.74, 6) is 0.921. The van der Waals surface area contributed by atoms with Crippen molar-refractivity contribution in [3.63, 3.8) is 0 Å². The molecule has 1 spiro atoms. The molecular weight excluding hydrogens is 365 g/mol. The first-order valence-corrected chi connectivity index (χ1v) is 10.7. The van der Waals surface area contributed by atoms with Gasteiger partial charge in [0.05, 0.1) is 10.9 Å². The van der Waals surface area contributed by atoms with Crippen LogP contribution in [0, 0.1) is 11.7 Å². The molecule has 148 valence electrons. The minimum Gasteiger partial charge on any atom is -0.354 e. The van der Waals surface area contributed by atoms with Crippen LogP contribution >= 0.6 is 11.8 Å². The van der Waals surface area contributed by atoms with Crippen molar-refractivity contribution in [1.29, 1.82) is 0 Å². The molecule has 1 aromatic rings. The molecule has 2 heterocycles. The third-order valence-electron chi connectivity index (χ3n) is 5.55. The first kappa shape index (κ1) is 20.1. The summed E-state index contributed by atoms with van der Waals surface area (Å²) in [6, 6.07) is 5.52. The van der Waals surface area contributed by atoms with Crippen LogP contribution in [0.15, 0.2) is 24.3 Å². The Morgan fingerprint density at radius 1 is 1.33 bits per heavy atom. The van der Waals surface area contributed by atoms with Gasteiger partial charge in [-0.3, -0.25) is 14.9 Å². The predicted molar refractivity (Wildman–Crippen MR) is 106 cm³/mol. The second-order valence-corrected chi connectivity index (χ2v) is 8.96. The Labute approximate surface area is 164 Å². The lowest BCUT2D eigenvalue weighted by Crippen LogP contribution is -2.54. The van der Waals surface area contributed by atoms with Gasteiger partial charge in [0.15, 0.2) is 0 Å². The molecule has 2 aliphatic rings. The highest BCUT2D eigenvalue weighted by Crippen LogP contribution is 2.39. The summed E-state index contributed by atoms with van der Waals surface area (Å²) in [5.41, 5.74) is 0.515. The van der Waals surface area contributed by atoms with Crippen LogP contribution < -0.4 is 10.6 Å². The van der Waals surface area contributed by atoms with Crippen LogP contribution in [0.4, 0.5) is 4.39 Å². The quantitative estimate of drug-likeness (QED) is 0.807. The summed E-state index contributed by atoms with van der Waals surface area (Å²) >= 11 is 1.79. The highest BCUT2D eigenvalue weighted by atomic mass is 32.2. The number of carbonyl (C=O) groups is 2. The zero-order valence-corrected chi connectivity index (χ0v) is 16.8. The van der Waals surface area contributed by atoms with Crippen LogP contribution in [-0.2, 0) is 4.79 Å². The van der Waals surface area contributed by atoms with E-state index >= 15 is 0 Å². The standard InChI is InChI=1S/C20H28FN3O2S/c1-3-14(2)12-22-18(25)17-13-27-20(23-17)8-10-24(11-9-20)19(26)15-4-6-16(21)7-5-15/h4-7,14,17,23H,3,8-13H2,1-2H3,(H,22,25). The van der Waals surface area contributed by atoms with Crippen molar-refractivity contribution in [3.05, 3.63) is 35.6 Å². The van der Waals surface area contributed by atoms with Crippen LogP contribution in [0.3, 0.4) is 0 Å². The van der Waals surface area contributed by atoms with Gasteiger partial charge in [0, 0.05) is 31.0 Å². The van der Waals surface area contributed by atoms with Crippen LogP contribution in [-0.4, -0.2) is 53.0 Å². The average molecular weight is 394 g/mol. The minimum atomic E-state index is -0.339. The summed E-state index contributed by atoms with van der Waals surface area (Å²) in [5, 5.41) is 6.56. The zero-order valence-electron chi connectivity index (χ0n) is 16.0. The van der Waals surface area contributed by atoms with Gasteiger partial charge in [-0.2, -0.15) is 0 Å². The Hall–Kier alpha value is -1.60.